The standard InChI is InChI=1S/C9H7BrN2O4S/c10-7-3-5(16-17(11,14)15)4-8-6(7)1-2-9(13)12-8/h1-4H,(H,12,13)(H2,11,14,15). The third-order valence-corrected chi connectivity index (χ3v) is 3.06. The van der Waals surface area contributed by atoms with Crippen LogP contribution in [0.2, 0.25) is 0 Å². The number of nitrogens with two attached hydrogens (primary N) is 1. The van der Waals surface area contributed by atoms with Gasteiger partial charge in [-0.1, -0.05) is 0 Å². The maximum Gasteiger partial charge on any atom is 0.380 e. The molecule has 0 fully saturated rings. The van der Waals surface area contributed by atoms with Crippen LogP contribution in [-0.4, -0.2) is 13.4 Å². The van der Waals surface area contributed by atoms with Crippen LogP contribution in [0, 0.1) is 0 Å². The molecule has 1 aromatic heterocycles. The molecule has 0 spiro atoms. The van der Waals surface area contributed by atoms with Gasteiger partial charge in [0.05, 0.1) is 5.52 Å². The highest BCUT2D eigenvalue weighted by molar-refractivity contribution is 9.10. The summed E-state index contributed by atoms with van der Waals surface area (Å²) in [5, 5.41) is 5.48. The zero-order chi connectivity index (χ0) is 12.6. The Balaban J connectivity index is 2.65. The molecular formula is C9H7BrN2O4S. The van der Waals surface area contributed by atoms with Gasteiger partial charge in [-0.05, 0) is 28.1 Å². The fourth-order valence-electron chi connectivity index (χ4n) is 1.38. The van der Waals surface area contributed by atoms with Crippen molar-refractivity contribution in [2.75, 3.05) is 0 Å². The van der Waals surface area contributed by atoms with Crippen molar-refractivity contribution in [2.45, 2.75) is 0 Å². The molecule has 0 atom stereocenters. The number of H-pyrrole nitrogens is 1. The molecular weight excluding hydrogens is 312 g/mol. The second kappa shape index (κ2) is 4.13. The van der Waals surface area contributed by atoms with Crippen molar-refractivity contribution in [1.82, 2.24) is 4.98 Å². The largest absolute Gasteiger partial charge is 0.380 e. The molecule has 0 aliphatic heterocycles. The molecule has 0 aliphatic carbocycles. The van der Waals surface area contributed by atoms with E-state index < -0.39 is 10.3 Å². The Labute approximate surface area is 105 Å². The molecule has 0 unspecified atom stereocenters. The van der Waals surface area contributed by atoms with Gasteiger partial charge in [0.15, 0.2) is 0 Å². The number of rotatable bonds is 2. The molecule has 90 valence electrons. The lowest BCUT2D eigenvalue weighted by molar-refractivity contribution is 0.488. The van der Waals surface area contributed by atoms with E-state index in [2.05, 4.69) is 25.1 Å². The summed E-state index contributed by atoms with van der Waals surface area (Å²) < 4.78 is 26.7. The number of benzene rings is 1. The Morgan fingerprint density at radius 3 is 2.65 bits per heavy atom. The zero-order valence-electron chi connectivity index (χ0n) is 8.31. The van der Waals surface area contributed by atoms with E-state index in [0.717, 1.165) is 5.39 Å². The van der Waals surface area contributed by atoms with Gasteiger partial charge in [-0.2, -0.15) is 13.6 Å². The van der Waals surface area contributed by atoms with E-state index in [4.69, 9.17) is 5.14 Å². The SMILES string of the molecule is NS(=O)(=O)Oc1cc(Br)c2ccc(=O)[nH]c2c1. The lowest BCUT2D eigenvalue weighted by Crippen LogP contribution is -2.19. The third-order valence-electron chi connectivity index (χ3n) is 1.97. The number of fused-ring (bicyclic) bond motifs is 1. The van der Waals surface area contributed by atoms with Crippen LogP contribution < -0.4 is 14.9 Å². The molecule has 0 saturated carbocycles. The predicted octanol–water partition coefficient (Wildman–Crippen LogP) is 0.873. The first-order valence-corrected chi connectivity index (χ1v) is 6.66. The number of aromatic amines is 1. The molecule has 6 nitrogen and oxygen atoms in total. The summed E-state index contributed by atoms with van der Waals surface area (Å²) in [6, 6.07) is 5.81. The molecule has 1 heterocycles. The topological polar surface area (TPSA) is 102 Å². The summed E-state index contributed by atoms with van der Waals surface area (Å²) in [5.74, 6) is 0.0220. The van der Waals surface area contributed by atoms with Crippen LogP contribution in [0.1, 0.15) is 0 Å². The molecule has 0 bridgehead atoms. The van der Waals surface area contributed by atoms with Crippen molar-refractivity contribution in [3.8, 4) is 5.75 Å². The van der Waals surface area contributed by atoms with Crippen LogP contribution in [-0.2, 0) is 10.3 Å². The van der Waals surface area contributed by atoms with Gasteiger partial charge in [0.25, 0.3) is 0 Å². The van der Waals surface area contributed by atoms with E-state index in [9.17, 15) is 13.2 Å². The quantitative estimate of drug-likeness (QED) is 0.857. The monoisotopic (exact) mass is 318 g/mol. The van der Waals surface area contributed by atoms with Crippen molar-refractivity contribution < 1.29 is 12.6 Å². The third kappa shape index (κ3) is 2.84. The van der Waals surface area contributed by atoms with Crippen molar-refractivity contribution in [3.05, 3.63) is 39.1 Å². The van der Waals surface area contributed by atoms with Crippen molar-refractivity contribution >= 4 is 37.1 Å². The Morgan fingerprint density at radius 2 is 2.00 bits per heavy atom. The van der Waals surface area contributed by atoms with Crippen LogP contribution in [0.5, 0.6) is 5.75 Å². The summed E-state index contributed by atoms with van der Waals surface area (Å²) in [6.07, 6.45) is 0. The van der Waals surface area contributed by atoms with Crippen molar-refractivity contribution in [1.29, 1.82) is 0 Å². The summed E-state index contributed by atoms with van der Waals surface area (Å²) in [5.41, 5.74) is 0.155. The highest BCUT2D eigenvalue weighted by Gasteiger charge is 2.08. The minimum Gasteiger partial charge on any atom is -0.371 e. The predicted molar refractivity (Wildman–Crippen MR) is 66.0 cm³/mol. The minimum atomic E-state index is -4.09. The van der Waals surface area contributed by atoms with Crippen LogP contribution in [0.4, 0.5) is 0 Å². The van der Waals surface area contributed by atoms with Crippen LogP contribution in [0.15, 0.2) is 33.5 Å². The van der Waals surface area contributed by atoms with E-state index in [-0.39, 0.29) is 11.3 Å². The first-order valence-electron chi connectivity index (χ1n) is 4.40. The van der Waals surface area contributed by atoms with Crippen LogP contribution in [0.3, 0.4) is 0 Å². The first-order chi connectivity index (χ1) is 7.85. The van der Waals surface area contributed by atoms with E-state index >= 15 is 0 Å². The summed E-state index contributed by atoms with van der Waals surface area (Å²) >= 11 is 3.24. The number of aromatic nitrogens is 1. The van der Waals surface area contributed by atoms with Gasteiger partial charge < -0.3 is 9.17 Å². The van der Waals surface area contributed by atoms with Gasteiger partial charge in [-0.3, -0.25) is 4.79 Å². The summed E-state index contributed by atoms with van der Waals surface area (Å²) in [6.45, 7) is 0. The average molecular weight is 319 g/mol. The van der Waals surface area contributed by atoms with Gasteiger partial charge in [-0.25, -0.2) is 0 Å². The van der Waals surface area contributed by atoms with Gasteiger partial charge in [0.2, 0.25) is 5.56 Å². The molecule has 8 heteroatoms. The van der Waals surface area contributed by atoms with Gasteiger partial charge in [-0.15, -0.1) is 0 Å². The van der Waals surface area contributed by atoms with Crippen LogP contribution in [0.25, 0.3) is 10.9 Å². The van der Waals surface area contributed by atoms with E-state index in [1.54, 1.807) is 6.07 Å². The number of hydrogen-bond acceptors (Lipinski definition) is 4. The number of hydrogen-bond donors (Lipinski definition) is 2. The highest BCUT2D eigenvalue weighted by Crippen LogP contribution is 2.27. The number of halogens is 1. The Bertz CT molecular complexity index is 738. The van der Waals surface area contributed by atoms with Gasteiger partial charge in [0, 0.05) is 22.0 Å². The zero-order valence-corrected chi connectivity index (χ0v) is 10.7. The first kappa shape index (κ1) is 12.1. The Hall–Kier alpha value is -1.38. The van der Waals surface area contributed by atoms with Crippen molar-refractivity contribution in [3.63, 3.8) is 0 Å². The molecule has 0 amide bonds. The van der Waals surface area contributed by atoms with E-state index in [1.807, 2.05) is 0 Å². The summed E-state index contributed by atoms with van der Waals surface area (Å²) in [7, 11) is -4.09. The van der Waals surface area contributed by atoms with E-state index in [1.165, 1.54) is 18.2 Å². The van der Waals surface area contributed by atoms with Gasteiger partial charge in [0.1, 0.15) is 5.75 Å². The lowest BCUT2D eigenvalue weighted by atomic mass is 10.2. The highest BCUT2D eigenvalue weighted by atomic mass is 79.9. The van der Waals surface area contributed by atoms with Gasteiger partial charge >= 0.3 is 10.3 Å². The fourth-order valence-corrected chi connectivity index (χ4v) is 2.32. The molecule has 3 N–H and O–H groups in total. The maximum absolute atomic E-state index is 11.1. The summed E-state index contributed by atoms with van der Waals surface area (Å²) in [4.78, 5) is 13.7. The Morgan fingerprint density at radius 1 is 1.29 bits per heavy atom. The second-order valence-electron chi connectivity index (χ2n) is 3.27. The van der Waals surface area contributed by atoms with E-state index in [0.29, 0.717) is 9.99 Å². The second-order valence-corrected chi connectivity index (χ2v) is 5.27. The average Bonchev–Trinajstić information content (AvgIpc) is 2.13. The molecule has 2 aromatic rings. The molecule has 1 aromatic carbocycles. The lowest BCUT2D eigenvalue weighted by Gasteiger charge is -2.05. The maximum atomic E-state index is 11.1. The number of nitrogens with one attached hydrogen (secondary N) is 1. The molecule has 0 saturated heterocycles. The normalized spacial score (nSPS) is 11.6. The fraction of sp³-hybridized carbons (Fsp3) is 0. The Kier molecular flexibility index (Phi) is 2.94. The molecule has 0 aliphatic rings. The van der Waals surface area contributed by atoms with Crippen LogP contribution >= 0.6 is 15.9 Å². The van der Waals surface area contributed by atoms with Crippen molar-refractivity contribution in [2.24, 2.45) is 5.14 Å². The smallest absolute Gasteiger partial charge is 0.371 e. The molecule has 0 radical (unpaired) electrons. The minimum absolute atomic E-state index is 0.0220. The molecule has 17 heavy (non-hydrogen) atoms. The number of pyridine rings is 1. The molecule has 2 rings (SSSR count).